The van der Waals surface area contributed by atoms with Crippen molar-refractivity contribution in [2.75, 3.05) is 13.2 Å². The summed E-state index contributed by atoms with van der Waals surface area (Å²) >= 11 is 0. The molecule has 1 heterocycles. The smallest absolute Gasteiger partial charge is 0.0472 e. The molecule has 1 rings (SSSR count). The van der Waals surface area contributed by atoms with Crippen LogP contribution in [0.1, 0.15) is 12.8 Å². The zero-order chi connectivity index (χ0) is 6.69. The molecule has 0 radical (unpaired) electrons. The fourth-order valence-electron chi connectivity index (χ4n) is 1.07. The maximum Gasteiger partial charge on any atom is 0.0472 e. The summed E-state index contributed by atoms with van der Waals surface area (Å²) in [5, 5.41) is 0. The Kier molecular flexibility index (Phi) is 2.11. The lowest BCUT2D eigenvalue weighted by Gasteiger charge is -2.21. The van der Waals surface area contributed by atoms with Gasteiger partial charge in [0.15, 0.2) is 0 Å². The van der Waals surface area contributed by atoms with E-state index in [1.807, 2.05) is 0 Å². The van der Waals surface area contributed by atoms with Crippen LogP contribution in [-0.2, 0) is 4.74 Å². The van der Waals surface area contributed by atoms with Gasteiger partial charge in [-0.15, -0.1) is 0 Å². The molecule has 0 spiro atoms. The van der Waals surface area contributed by atoms with Crippen molar-refractivity contribution in [3.63, 3.8) is 0 Å². The minimum absolute atomic E-state index is 0.513. The minimum Gasteiger partial charge on any atom is -0.402 e. The topological polar surface area (TPSA) is 35.2 Å². The van der Waals surface area contributed by atoms with Crippen LogP contribution in [0.15, 0.2) is 12.3 Å². The molecule has 1 saturated heterocycles. The molecule has 0 unspecified atom stereocenters. The van der Waals surface area contributed by atoms with E-state index >= 15 is 0 Å². The molecule has 0 amide bonds. The van der Waals surface area contributed by atoms with Crippen molar-refractivity contribution in [3.8, 4) is 0 Å². The van der Waals surface area contributed by atoms with Gasteiger partial charge in [-0.25, -0.2) is 0 Å². The third kappa shape index (κ3) is 1.72. The third-order valence-corrected chi connectivity index (χ3v) is 1.75. The Bertz CT molecular complexity index is 105. The van der Waals surface area contributed by atoms with Gasteiger partial charge in [-0.05, 0) is 12.8 Å². The summed E-state index contributed by atoms with van der Waals surface area (Å²) < 4.78 is 5.15. The molecule has 52 valence electrons. The normalized spacial score (nSPS) is 21.8. The van der Waals surface area contributed by atoms with Gasteiger partial charge < -0.3 is 10.5 Å². The number of allylic oxidation sites excluding steroid dienone is 1. The van der Waals surface area contributed by atoms with Gasteiger partial charge in [-0.2, -0.15) is 0 Å². The van der Waals surface area contributed by atoms with Gasteiger partial charge in [-0.3, -0.25) is 0 Å². The van der Waals surface area contributed by atoms with Crippen LogP contribution in [0, 0.1) is 5.92 Å². The van der Waals surface area contributed by atoms with Crippen LogP contribution in [0.5, 0.6) is 0 Å². The second kappa shape index (κ2) is 2.87. The second-order valence-electron chi connectivity index (χ2n) is 2.46. The summed E-state index contributed by atoms with van der Waals surface area (Å²) in [6, 6.07) is 0. The maximum atomic E-state index is 5.52. The average molecular weight is 127 g/mol. The van der Waals surface area contributed by atoms with Crippen LogP contribution in [0.4, 0.5) is 0 Å². The summed E-state index contributed by atoms with van der Waals surface area (Å²) in [5.41, 5.74) is 6.34. The Morgan fingerprint density at radius 2 is 2.00 bits per heavy atom. The van der Waals surface area contributed by atoms with Crippen molar-refractivity contribution in [1.82, 2.24) is 0 Å². The van der Waals surface area contributed by atoms with Crippen molar-refractivity contribution < 1.29 is 4.74 Å². The Labute approximate surface area is 55.7 Å². The average Bonchev–Trinajstić information content (AvgIpc) is 1.90. The van der Waals surface area contributed by atoms with Gasteiger partial charge in [0.1, 0.15) is 0 Å². The first-order valence-corrected chi connectivity index (χ1v) is 3.32. The molecule has 1 fully saturated rings. The number of hydrogen-bond donors (Lipinski definition) is 1. The predicted molar refractivity (Wildman–Crippen MR) is 36.9 cm³/mol. The van der Waals surface area contributed by atoms with Crippen LogP contribution in [0.25, 0.3) is 0 Å². The molecule has 0 aliphatic carbocycles. The molecule has 0 aromatic carbocycles. The molecule has 1 aliphatic rings. The van der Waals surface area contributed by atoms with E-state index in [2.05, 4.69) is 6.58 Å². The molecule has 2 nitrogen and oxygen atoms in total. The van der Waals surface area contributed by atoms with Crippen LogP contribution in [-0.4, -0.2) is 13.2 Å². The van der Waals surface area contributed by atoms with Gasteiger partial charge in [0.25, 0.3) is 0 Å². The number of rotatable bonds is 1. The van der Waals surface area contributed by atoms with Crippen molar-refractivity contribution in [2.45, 2.75) is 12.8 Å². The molecule has 0 aromatic rings. The SMILES string of the molecule is C=C(N)C1CCOCC1. The van der Waals surface area contributed by atoms with Gasteiger partial charge in [-0.1, -0.05) is 6.58 Å². The highest BCUT2D eigenvalue weighted by atomic mass is 16.5. The predicted octanol–water partition coefficient (Wildman–Crippen LogP) is 0.885. The minimum atomic E-state index is 0.513. The third-order valence-electron chi connectivity index (χ3n) is 1.75. The zero-order valence-electron chi connectivity index (χ0n) is 5.60. The monoisotopic (exact) mass is 127 g/mol. The number of nitrogens with two attached hydrogens (primary N) is 1. The first-order valence-electron chi connectivity index (χ1n) is 3.32. The van der Waals surface area contributed by atoms with Gasteiger partial charge in [0, 0.05) is 24.8 Å². The first kappa shape index (κ1) is 6.62. The molecule has 0 atom stereocenters. The molecule has 0 aromatic heterocycles. The summed E-state index contributed by atoms with van der Waals surface area (Å²) in [7, 11) is 0. The van der Waals surface area contributed by atoms with Crippen molar-refractivity contribution >= 4 is 0 Å². The molecule has 0 saturated carbocycles. The Balaban J connectivity index is 2.31. The van der Waals surface area contributed by atoms with Crippen LogP contribution < -0.4 is 5.73 Å². The first-order chi connectivity index (χ1) is 4.30. The van der Waals surface area contributed by atoms with Crippen LogP contribution in [0.2, 0.25) is 0 Å². The fourth-order valence-corrected chi connectivity index (χ4v) is 1.07. The largest absolute Gasteiger partial charge is 0.402 e. The molecule has 0 bridgehead atoms. The molecular formula is C7H13NO. The maximum absolute atomic E-state index is 5.52. The van der Waals surface area contributed by atoms with E-state index in [0.717, 1.165) is 31.8 Å². The Morgan fingerprint density at radius 1 is 1.44 bits per heavy atom. The van der Waals surface area contributed by atoms with E-state index in [4.69, 9.17) is 10.5 Å². The molecule has 1 aliphatic heterocycles. The molecule has 9 heavy (non-hydrogen) atoms. The summed E-state index contributed by atoms with van der Waals surface area (Å²) in [6.45, 7) is 5.40. The highest BCUT2D eigenvalue weighted by molar-refractivity contribution is 4.94. The number of hydrogen-bond acceptors (Lipinski definition) is 2. The summed E-state index contributed by atoms with van der Waals surface area (Å²) in [6.07, 6.45) is 2.10. The lowest BCUT2D eigenvalue weighted by molar-refractivity contribution is 0.0755. The van der Waals surface area contributed by atoms with E-state index in [-0.39, 0.29) is 0 Å². The van der Waals surface area contributed by atoms with Gasteiger partial charge in [0.05, 0.1) is 0 Å². The van der Waals surface area contributed by atoms with E-state index in [0.29, 0.717) is 5.92 Å². The van der Waals surface area contributed by atoms with Gasteiger partial charge in [0.2, 0.25) is 0 Å². The standard InChI is InChI=1S/C7H13NO/c1-6(8)7-2-4-9-5-3-7/h7H,1-5,8H2. The van der Waals surface area contributed by atoms with E-state index in [9.17, 15) is 0 Å². The van der Waals surface area contributed by atoms with Gasteiger partial charge >= 0.3 is 0 Å². The quantitative estimate of drug-likeness (QED) is 0.567. The summed E-state index contributed by atoms with van der Waals surface area (Å²) in [4.78, 5) is 0. The van der Waals surface area contributed by atoms with E-state index < -0.39 is 0 Å². The van der Waals surface area contributed by atoms with Crippen molar-refractivity contribution in [1.29, 1.82) is 0 Å². The summed E-state index contributed by atoms with van der Waals surface area (Å²) in [5.74, 6) is 0.513. The Morgan fingerprint density at radius 3 is 2.33 bits per heavy atom. The van der Waals surface area contributed by atoms with Crippen LogP contribution >= 0.6 is 0 Å². The fraction of sp³-hybridized carbons (Fsp3) is 0.714. The lowest BCUT2D eigenvalue weighted by Crippen LogP contribution is -2.20. The highest BCUT2D eigenvalue weighted by Gasteiger charge is 2.13. The Hall–Kier alpha value is -0.500. The van der Waals surface area contributed by atoms with E-state index in [1.54, 1.807) is 0 Å². The molecular weight excluding hydrogens is 114 g/mol. The molecule has 2 heteroatoms. The van der Waals surface area contributed by atoms with Crippen LogP contribution in [0.3, 0.4) is 0 Å². The number of ether oxygens (including phenoxy) is 1. The molecule has 2 N–H and O–H groups in total. The van der Waals surface area contributed by atoms with E-state index in [1.165, 1.54) is 0 Å². The highest BCUT2D eigenvalue weighted by Crippen LogP contribution is 2.17. The second-order valence-corrected chi connectivity index (χ2v) is 2.46. The lowest BCUT2D eigenvalue weighted by atomic mass is 9.98. The van der Waals surface area contributed by atoms with Crippen molar-refractivity contribution in [3.05, 3.63) is 12.3 Å². The zero-order valence-corrected chi connectivity index (χ0v) is 5.60. The van der Waals surface area contributed by atoms with Crippen molar-refractivity contribution in [2.24, 2.45) is 11.7 Å².